The van der Waals surface area contributed by atoms with Crippen LogP contribution in [-0.4, -0.2) is 71.4 Å². The largest absolute Gasteiger partial charge is 0.387 e. The van der Waals surface area contributed by atoms with Gasteiger partial charge in [0.25, 0.3) is 0 Å². The predicted molar refractivity (Wildman–Crippen MR) is 130 cm³/mol. The van der Waals surface area contributed by atoms with Crippen LogP contribution in [0.2, 0.25) is 0 Å². The van der Waals surface area contributed by atoms with Crippen molar-refractivity contribution in [3.63, 3.8) is 0 Å². The Morgan fingerprint density at radius 2 is 1.14 bits per heavy atom. The summed E-state index contributed by atoms with van der Waals surface area (Å²) >= 11 is 0. The van der Waals surface area contributed by atoms with Crippen molar-refractivity contribution in [2.45, 2.75) is 89.0 Å². The molecule has 3 fully saturated rings. The van der Waals surface area contributed by atoms with E-state index in [0.29, 0.717) is 6.61 Å². The Morgan fingerprint density at radius 3 is 1.60 bits per heavy atom. The summed E-state index contributed by atoms with van der Waals surface area (Å²) in [5.41, 5.74) is 2.51. The summed E-state index contributed by atoms with van der Waals surface area (Å²) in [7, 11) is 0. The molecule has 0 bridgehead atoms. The summed E-state index contributed by atoms with van der Waals surface area (Å²) in [6, 6.07) is 20.9. The Kier molecular flexibility index (Phi) is 7.03. The van der Waals surface area contributed by atoms with Crippen molar-refractivity contribution < 1.29 is 28.8 Å². The standard InChI is InChI=1S/C28H37NO6/c1-27(2)32-22-21(30)23-26(35-28(3,4)33-23)24(25(22)34-27)31-16-15-29(17-19-11-7-5-8-12-19)18-20-13-9-6-10-14-20/h5-14,21-26,30H,15-18H2,1-4H3/t21?,22-,23+,24?,25+,26-. The van der Waals surface area contributed by atoms with Crippen molar-refractivity contribution in [3.05, 3.63) is 71.8 Å². The van der Waals surface area contributed by atoms with Gasteiger partial charge >= 0.3 is 0 Å². The topological polar surface area (TPSA) is 69.6 Å². The second kappa shape index (κ2) is 9.90. The molecule has 0 spiro atoms. The van der Waals surface area contributed by atoms with Crippen LogP contribution in [0.5, 0.6) is 0 Å². The first kappa shape index (κ1) is 24.8. The first-order valence-corrected chi connectivity index (χ1v) is 12.5. The van der Waals surface area contributed by atoms with Gasteiger partial charge in [0.1, 0.15) is 36.6 Å². The Labute approximate surface area is 207 Å². The lowest BCUT2D eigenvalue weighted by molar-refractivity contribution is -0.189. The lowest BCUT2D eigenvalue weighted by Gasteiger charge is -2.40. The molecule has 0 aromatic heterocycles. The van der Waals surface area contributed by atoms with Gasteiger partial charge in [-0.2, -0.15) is 0 Å². The van der Waals surface area contributed by atoms with Crippen LogP contribution in [0.1, 0.15) is 38.8 Å². The maximum absolute atomic E-state index is 11.0. The summed E-state index contributed by atoms with van der Waals surface area (Å²) in [5.74, 6) is -1.61. The van der Waals surface area contributed by atoms with Gasteiger partial charge in [0.15, 0.2) is 11.6 Å². The molecule has 3 aliphatic rings. The maximum Gasteiger partial charge on any atom is 0.164 e. The van der Waals surface area contributed by atoms with E-state index in [2.05, 4.69) is 53.4 Å². The van der Waals surface area contributed by atoms with E-state index in [1.807, 2.05) is 39.8 Å². The van der Waals surface area contributed by atoms with E-state index in [-0.39, 0.29) is 0 Å². The Bertz CT molecular complexity index is 894. The summed E-state index contributed by atoms with van der Waals surface area (Å²) < 4.78 is 31.0. The lowest BCUT2D eigenvalue weighted by atomic mass is 9.85. The van der Waals surface area contributed by atoms with Crippen LogP contribution < -0.4 is 0 Å². The molecule has 2 aromatic rings. The molecule has 2 unspecified atom stereocenters. The zero-order chi connectivity index (χ0) is 24.6. The molecular formula is C28H37NO6. The van der Waals surface area contributed by atoms with Gasteiger partial charge in [-0.15, -0.1) is 0 Å². The molecule has 35 heavy (non-hydrogen) atoms. The fourth-order valence-corrected chi connectivity index (χ4v) is 5.45. The average Bonchev–Trinajstić information content (AvgIpc) is 3.32. The molecule has 0 radical (unpaired) electrons. The highest BCUT2D eigenvalue weighted by molar-refractivity contribution is 5.17. The number of hydrogen-bond donors (Lipinski definition) is 1. The summed E-state index contributed by atoms with van der Waals surface area (Å²) in [6.07, 6.45) is -3.18. The van der Waals surface area contributed by atoms with E-state index in [1.165, 1.54) is 11.1 Å². The van der Waals surface area contributed by atoms with Gasteiger partial charge < -0.3 is 28.8 Å². The Hall–Kier alpha value is -1.84. The quantitative estimate of drug-likeness (QED) is 0.616. The molecule has 0 amide bonds. The first-order valence-electron chi connectivity index (χ1n) is 12.5. The molecule has 1 N–H and O–H groups in total. The van der Waals surface area contributed by atoms with Gasteiger partial charge in [0.05, 0.1) is 6.61 Å². The van der Waals surface area contributed by atoms with Gasteiger partial charge in [-0.3, -0.25) is 4.90 Å². The number of fused-ring (bicyclic) bond motifs is 2. The molecule has 2 aromatic carbocycles. The summed E-state index contributed by atoms with van der Waals surface area (Å²) in [5, 5.41) is 11.0. The SMILES string of the molecule is CC1(C)O[C@@H]2C(O)[C@@H]3OC(C)(C)O[C@H]3C(OCCN(Cc3ccccc3)Cc3ccccc3)[C@H]2O1. The van der Waals surface area contributed by atoms with Crippen LogP contribution in [-0.2, 0) is 36.8 Å². The number of nitrogens with zero attached hydrogens (tertiary/aromatic N) is 1. The van der Waals surface area contributed by atoms with E-state index in [1.54, 1.807) is 0 Å². The third-order valence-corrected chi connectivity index (χ3v) is 6.86. The minimum absolute atomic E-state index is 0.410. The molecule has 2 saturated heterocycles. The predicted octanol–water partition coefficient (Wildman–Crippen LogP) is 3.49. The third-order valence-electron chi connectivity index (χ3n) is 6.86. The minimum atomic E-state index is -0.846. The maximum atomic E-state index is 11.0. The molecule has 7 nitrogen and oxygen atoms in total. The second-order valence-electron chi connectivity index (χ2n) is 10.6. The van der Waals surface area contributed by atoms with E-state index in [9.17, 15) is 5.11 Å². The first-order chi connectivity index (χ1) is 16.7. The average molecular weight is 484 g/mol. The minimum Gasteiger partial charge on any atom is -0.387 e. The molecule has 2 aliphatic heterocycles. The molecule has 1 saturated carbocycles. The number of ether oxygens (including phenoxy) is 5. The van der Waals surface area contributed by atoms with Crippen LogP contribution in [0.4, 0.5) is 0 Å². The zero-order valence-corrected chi connectivity index (χ0v) is 21.0. The lowest BCUT2D eigenvalue weighted by Crippen LogP contribution is -2.62. The highest BCUT2D eigenvalue weighted by Crippen LogP contribution is 2.45. The highest BCUT2D eigenvalue weighted by Gasteiger charge is 2.63. The summed E-state index contributed by atoms with van der Waals surface area (Å²) in [4.78, 5) is 2.38. The van der Waals surface area contributed by atoms with Gasteiger partial charge in [-0.1, -0.05) is 60.7 Å². The normalized spacial score (nSPS) is 33.0. The molecule has 7 heteroatoms. The van der Waals surface area contributed by atoms with Gasteiger partial charge in [-0.25, -0.2) is 0 Å². The van der Waals surface area contributed by atoms with Gasteiger partial charge in [0.2, 0.25) is 0 Å². The van der Waals surface area contributed by atoms with Crippen molar-refractivity contribution in [1.82, 2.24) is 4.90 Å². The number of rotatable bonds is 8. The van der Waals surface area contributed by atoms with Crippen LogP contribution in [0.25, 0.3) is 0 Å². The van der Waals surface area contributed by atoms with Crippen LogP contribution in [0, 0.1) is 0 Å². The molecular weight excluding hydrogens is 446 g/mol. The summed E-state index contributed by atoms with van der Waals surface area (Å²) in [6.45, 7) is 10.3. The zero-order valence-electron chi connectivity index (χ0n) is 21.0. The molecule has 190 valence electrons. The number of hydrogen-bond acceptors (Lipinski definition) is 7. The van der Waals surface area contributed by atoms with E-state index < -0.39 is 48.2 Å². The fourth-order valence-electron chi connectivity index (χ4n) is 5.45. The van der Waals surface area contributed by atoms with Crippen molar-refractivity contribution >= 4 is 0 Å². The van der Waals surface area contributed by atoms with Crippen LogP contribution in [0.3, 0.4) is 0 Å². The van der Waals surface area contributed by atoms with Crippen LogP contribution >= 0.6 is 0 Å². The fraction of sp³-hybridized carbons (Fsp3) is 0.571. The number of benzene rings is 2. The highest BCUT2D eigenvalue weighted by atomic mass is 16.8. The molecule has 1 aliphatic carbocycles. The van der Waals surface area contributed by atoms with E-state index in [0.717, 1.165) is 19.6 Å². The Balaban J connectivity index is 1.29. The van der Waals surface area contributed by atoms with Crippen molar-refractivity contribution in [2.75, 3.05) is 13.2 Å². The van der Waals surface area contributed by atoms with Gasteiger partial charge in [0, 0.05) is 19.6 Å². The molecule has 6 atom stereocenters. The van der Waals surface area contributed by atoms with Crippen molar-refractivity contribution in [3.8, 4) is 0 Å². The number of aliphatic hydroxyl groups excluding tert-OH is 1. The van der Waals surface area contributed by atoms with Crippen molar-refractivity contribution in [2.24, 2.45) is 0 Å². The van der Waals surface area contributed by atoms with Crippen molar-refractivity contribution in [1.29, 1.82) is 0 Å². The van der Waals surface area contributed by atoms with E-state index in [4.69, 9.17) is 23.7 Å². The second-order valence-corrected chi connectivity index (χ2v) is 10.6. The van der Waals surface area contributed by atoms with Crippen LogP contribution in [0.15, 0.2) is 60.7 Å². The third kappa shape index (κ3) is 5.62. The Morgan fingerprint density at radius 1 is 0.714 bits per heavy atom. The number of aliphatic hydroxyl groups is 1. The monoisotopic (exact) mass is 483 g/mol. The smallest absolute Gasteiger partial charge is 0.164 e. The molecule has 2 heterocycles. The molecule has 5 rings (SSSR count). The van der Waals surface area contributed by atoms with Gasteiger partial charge in [-0.05, 0) is 38.8 Å². The van der Waals surface area contributed by atoms with E-state index >= 15 is 0 Å².